The molecular formula is C27H22FN3O3S4. The van der Waals surface area contributed by atoms with Crippen molar-refractivity contribution in [2.24, 2.45) is 0 Å². The van der Waals surface area contributed by atoms with Crippen molar-refractivity contribution in [1.29, 1.82) is 0 Å². The Labute approximate surface area is 231 Å². The van der Waals surface area contributed by atoms with E-state index in [4.69, 9.17) is 4.98 Å². The number of nitrogens with zero attached hydrogens (tertiary/aromatic N) is 1. The summed E-state index contributed by atoms with van der Waals surface area (Å²) in [6.45, 7) is 3.58. The fourth-order valence-corrected chi connectivity index (χ4v) is 7.56. The van der Waals surface area contributed by atoms with Gasteiger partial charge in [0.25, 0.3) is 15.6 Å². The molecule has 0 unspecified atom stereocenters. The van der Waals surface area contributed by atoms with Crippen LogP contribution in [0, 0.1) is 19.7 Å². The maximum atomic E-state index is 13.2. The van der Waals surface area contributed by atoms with Crippen LogP contribution in [0.3, 0.4) is 0 Å². The minimum Gasteiger partial charge on any atom is -0.301 e. The molecule has 0 bridgehead atoms. The predicted octanol–water partition coefficient (Wildman–Crippen LogP) is 7.08. The molecule has 0 saturated carbocycles. The quantitative estimate of drug-likeness (QED) is 0.151. The van der Waals surface area contributed by atoms with E-state index in [0.29, 0.717) is 27.9 Å². The molecule has 0 saturated heterocycles. The summed E-state index contributed by atoms with van der Waals surface area (Å²) in [5, 5.41) is 2.55. The van der Waals surface area contributed by atoms with Gasteiger partial charge >= 0.3 is 0 Å². The molecule has 2 N–H and O–H groups in total. The lowest BCUT2D eigenvalue weighted by Gasteiger charge is -2.12. The number of rotatable bonds is 8. The lowest BCUT2D eigenvalue weighted by Crippen LogP contribution is -2.14. The number of sulfonamides is 1. The van der Waals surface area contributed by atoms with Crippen LogP contribution in [0.1, 0.15) is 16.7 Å². The van der Waals surface area contributed by atoms with Gasteiger partial charge in [-0.05, 0) is 78.9 Å². The van der Waals surface area contributed by atoms with Gasteiger partial charge in [0.15, 0.2) is 5.16 Å². The predicted molar refractivity (Wildman–Crippen MR) is 154 cm³/mol. The van der Waals surface area contributed by atoms with Gasteiger partial charge in [-0.15, -0.1) is 22.7 Å². The summed E-state index contributed by atoms with van der Waals surface area (Å²) < 4.78 is 41.0. The van der Waals surface area contributed by atoms with Gasteiger partial charge in [0.05, 0.1) is 21.2 Å². The largest absolute Gasteiger partial charge is 0.301 e. The molecule has 0 aliphatic heterocycles. The summed E-state index contributed by atoms with van der Waals surface area (Å²) in [7, 11) is -3.84. The number of H-pyrrole nitrogens is 1. The van der Waals surface area contributed by atoms with E-state index in [9.17, 15) is 17.6 Å². The molecule has 5 rings (SSSR count). The van der Waals surface area contributed by atoms with E-state index in [0.717, 1.165) is 33.0 Å². The number of hydrogen-bond acceptors (Lipinski definition) is 7. The zero-order valence-electron chi connectivity index (χ0n) is 20.3. The fraction of sp³-hybridized carbons (Fsp3) is 0.111. The molecule has 6 nitrogen and oxygen atoms in total. The number of aromatic amines is 1. The maximum absolute atomic E-state index is 13.2. The minimum absolute atomic E-state index is 0.0172. The summed E-state index contributed by atoms with van der Waals surface area (Å²) in [5.74, 6) is 0.0272. The van der Waals surface area contributed by atoms with E-state index in [1.54, 1.807) is 35.7 Å². The molecule has 0 spiro atoms. The summed E-state index contributed by atoms with van der Waals surface area (Å²) in [5.41, 5.74) is 3.18. The molecule has 38 heavy (non-hydrogen) atoms. The lowest BCUT2D eigenvalue weighted by atomic mass is 10.1. The van der Waals surface area contributed by atoms with Crippen LogP contribution in [0.5, 0.6) is 0 Å². The molecule has 0 amide bonds. The first-order valence-electron chi connectivity index (χ1n) is 11.5. The van der Waals surface area contributed by atoms with Crippen molar-refractivity contribution >= 4 is 50.1 Å². The van der Waals surface area contributed by atoms with Gasteiger partial charge < -0.3 is 4.98 Å². The Balaban J connectivity index is 1.31. The molecule has 0 atom stereocenters. The third-order valence-electron chi connectivity index (χ3n) is 5.77. The number of thioether (sulfide) groups is 1. The third-order valence-corrected chi connectivity index (χ3v) is 10.3. The van der Waals surface area contributed by atoms with E-state index in [1.807, 2.05) is 36.6 Å². The number of benzene rings is 2. The van der Waals surface area contributed by atoms with Crippen molar-refractivity contribution in [3.05, 3.63) is 105 Å². The minimum atomic E-state index is -3.84. The van der Waals surface area contributed by atoms with Crippen molar-refractivity contribution < 1.29 is 12.8 Å². The maximum Gasteiger partial charge on any atom is 0.261 e. The molecular weight excluding hydrogens is 562 g/mol. The van der Waals surface area contributed by atoms with E-state index in [1.165, 1.54) is 28.8 Å². The van der Waals surface area contributed by atoms with Crippen LogP contribution in [-0.2, 0) is 15.8 Å². The summed E-state index contributed by atoms with van der Waals surface area (Å²) in [6.07, 6.45) is 0. The zero-order chi connectivity index (χ0) is 26.9. The van der Waals surface area contributed by atoms with Crippen molar-refractivity contribution in [2.45, 2.75) is 29.7 Å². The Morgan fingerprint density at radius 3 is 2.47 bits per heavy atom. The average molecular weight is 584 g/mol. The van der Waals surface area contributed by atoms with E-state index >= 15 is 0 Å². The molecule has 0 aliphatic carbocycles. The number of anilines is 1. The van der Waals surface area contributed by atoms with Crippen molar-refractivity contribution in [1.82, 2.24) is 9.97 Å². The van der Waals surface area contributed by atoms with Gasteiger partial charge in [0.2, 0.25) is 0 Å². The van der Waals surface area contributed by atoms with Gasteiger partial charge in [-0.25, -0.2) is 17.8 Å². The van der Waals surface area contributed by atoms with E-state index in [-0.39, 0.29) is 10.5 Å². The first-order valence-corrected chi connectivity index (χ1v) is 15.6. The summed E-state index contributed by atoms with van der Waals surface area (Å²) >= 11 is 4.68. The zero-order valence-corrected chi connectivity index (χ0v) is 23.6. The number of nitrogens with one attached hydrogen (secondary N) is 2. The molecule has 0 aliphatic rings. The van der Waals surface area contributed by atoms with Gasteiger partial charge in [0.1, 0.15) is 5.82 Å². The molecule has 2 aromatic carbocycles. The fourth-order valence-electron chi connectivity index (χ4n) is 3.74. The number of thiophene rings is 2. The first kappa shape index (κ1) is 26.4. The van der Waals surface area contributed by atoms with Crippen LogP contribution in [0.15, 0.2) is 87.0 Å². The Morgan fingerprint density at radius 2 is 1.76 bits per heavy atom. The number of aryl methyl sites for hydroxylation is 1. The van der Waals surface area contributed by atoms with Crippen molar-refractivity contribution in [3.63, 3.8) is 0 Å². The van der Waals surface area contributed by atoms with E-state index in [2.05, 4.69) is 21.8 Å². The monoisotopic (exact) mass is 583 g/mol. The number of aromatic nitrogens is 2. The highest BCUT2D eigenvalue weighted by molar-refractivity contribution is 7.98. The Hall–Kier alpha value is -3.25. The summed E-state index contributed by atoms with van der Waals surface area (Å²) in [6, 6.07) is 18.2. The second kappa shape index (κ2) is 10.9. The molecule has 11 heteroatoms. The van der Waals surface area contributed by atoms with Gasteiger partial charge in [-0.2, -0.15) is 0 Å². The summed E-state index contributed by atoms with van der Waals surface area (Å²) in [4.78, 5) is 23.5. The van der Waals surface area contributed by atoms with Crippen molar-refractivity contribution in [3.8, 4) is 20.3 Å². The van der Waals surface area contributed by atoms with Crippen LogP contribution >= 0.6 is 34.4 Å². The third kappa shape index (κ3) is 5.75. The second-order valence-corrected chi connectivity index (χ2v) is 13.2. The van der Waals surface area contributed by atoms with Crippen LogP contribution in [0.2, 0.25) is 0 Å². The molecule has 5 aromatic rings. The smallest absolute Gasteiger partial charge is 0.261 e. The van der Waals surface area contributed by atoms with Gasteiger partial charge in [-0.3, -0.25) is 9.52 Å². The Morgan fingerprint density at radius 1 is 1.00 bits per heavy atom. The van der Waals surface area contributed by atoms with Crippen LogP contribution < -0.4 is 10.3 Å². The molecule has 0 fully saturated rings. The number of hydrogen-bond donors (Lipinski definition) is 2. The topological polar surface area (TPSA) is 91.9 Å². The van der Waals surface area contributed by atoms with Crippen molar-refractivity contribution in [2.75, 3.05) is 4.72 Å². The first-order chi connectivity index (χ1) is 18.2. The number of halogens is 1. The van der Waals surface area contributed by atoms with Gasteiger partial charge in [0, 0.05) is 21.1 Å². The van der Waals surface area contributed by atoms with E-state index < -0.39 is 15.8 Å². The highest BCUT2D eigenvalue weighted by Gasteiger charge is 2.16. The average Bonchev–Trinajstić information content (AvgIpc) is 3.59. The Kier molecular flexibility index (Phi) is 7.53. The second-order valence-electron chi connectivity index (χ2n) is 8.48. The molecule has 194 valence electrons. The normalized spacial score (nSPS) is 11.6. The molecule has 0 radical (unpaired) electrons. The standard InChI is InChI=1S/C27H22FN3O3S4/c1-16-14-18(5-10-21(16)31-38(33,34)20-8-6-19(28)7-9-20)15-36-27-29-25(17(2)26(32)30-27)24-12-11-23(37-24)22-4-3-13-35-22/h3-14,31H,15H2,1-2H3,(H,29,30,32). The van der Waals surface area contributed by atoms with Gasteiger partial charge in [-0.1, -0.05) is 30.0 Å². The SMILES string of the molecule is Cc1cc(CSc2nc(-c3ccc(-c4cccs4)s3)c(C)c(=O)[nH]2)ccc1NS(=O)(=O)c1ccc(F)cc1. The van der Waals surface area contributed by atoms with Crippen LogP contribution in [0.4, 0.5) is 10.1 Å². The highest BCUT2D eigenvalue weighted by Crippen LogP contribution is 2.37. The van der Waals surface area contributed by atoms with Crippen LogP contribution in [0.25, 0.3) is 20.3 Å². The Bertz CT molecular complexity index is 1760. The molecule has 3 heterocycles. The van der Waals surface area contributed by atoms with Crippen LogP contribution in [-0.4, -0.2) is 18.4 Å². The lowest BCUT2D eigenvalue weighted by molar-refractivity contribution is 0.599. The highest BCUT2D eigenvalue weighted by atomic mass is 32.2. The molecule has 3 aromatic heterocycles.